The van der Waals surface area contributed by atoms with Crippen molar-refractivity contribution in [3.63, 3.8) is 0 Å². The maximum atomic E-state index is 11.5. The molecule has 1 aliphatic heterocycles. The Kier molecular flexibility index (Phi) is 4.66. The van der Waals surface area contributed by atoms with Crippen LogP contribution >= 0.6 is 0 Å². The molecule has 1 heterocycles. The van der Waals surface area contributed by atoms with Gasteiger partial charge in [0.25, 0.3) is 0 Å². The van der Waals surface area contributed by atoms with Crippen LogP contribution in [0.4, 0.5) is 0 Å². The van der Waals surface area contributed by atoms with Crippen LogP contribution in [0, 0.1) is 5.92 Å². The molecule has 2 atom stereocenters. The van der Waals surface area contributed by atoms with Gasteiger partial charge in [0.15, 0.2) is 0 Å². The van der Waals surface area contributed by atoms with Crippen LogP contribution in [0.15, 0.2) is 12.2 Å². The van der Waals surface area contributed by atoms with Gasteiger partial charge in [0.05, 0.1) is 18.6 Å². The summed E-state index contributed by atoms with van der Waals surface area (Å²) in [5.74, 6) is 0.203. The number of rotatable bonds is 4. The van der Waals surface area contributed by atoms with Crippen molar-refractivity contribution < 1.29 is 9.53 Å². The smallest absolute Gasteiger partial charge is 0.225 e. The lowest BCUT2D eigenvalue weighted by molar-refractivity contribution is -0.124. The highest BCUT2D eigenvalue weighted by Gasteiger charge is 2.27. The number of ether oxygens (including phenoxy) is 1. The molecule has 0 aliphatic carbocycles. The van der Waals surface area contributed by atoms with Gasteiger partial charge in [-0.05, 0) is 26.7 Å². The molecule has 0 saturated carbocycles. The van der Waals surface area contributed by atoms with E-state index in [4.69, 9.17) is 4.74 Å². The summed E-state index contributed by atoms with van der Waals surface area (Å²) in [7, 11) is 0. The van der Waals surface area contributed by atoms with E-state index in [2.05, 4.69) is 5.32 Å². The predicted molar refractivity (Wildman–Crippen MR) is 56.0 cm³/mol. The maximum absolute atomic E-state index is 11.5. The van der Waals surface area contributed by atoms with Crippen molar-refractivity contribution in [1.82, 2.24) is 5.32 Å². The fourth-order valence-electron chi connectivity index (χ4n) is 1.59. The SMILES string of the molecule is C/C=C/CCNC(=O)C1COC(C)C1. The fourth-order valence-corrected chi connectivity index (χ4v) is 1.59. The van der Waals surface area contributed by atoms with Crippen molar-refractivity contribution in [2.24, 2.45) is 5.92 Å². The second-order valence-electron chi connectivity index (χ2n) is 3.73. The number of nitrogens with one attached hydrogen (secondary N) is 1. The van der Waals surface area contributed by atoms with Crippen LogP contribution < -0.4 is 5.32 Å². The monoisotopic (exact) mass is 197 g/mol. The van der Waals surface area contributed by atoms with Gasteiger partial charge in [0.1, 0.15) is 0 Å². The molecule has 1 aliphatic rings. The first-order valence-electron chi connectivity index (χ1n) is 5.24. The molecular weight excluding hydrogens is 178 g/mol. The Bertz CT molecular complexity index is 213. The molecule has 0 spiro atoms. The first-order valence-corrected chi connectivity index (χ1v) is 5.24. The van der Waals surface area contributed by atoms with Gasteiger partial charge < -0.3 is 10.1 Å². The molecule has 0 bridgehead atoms. The molecule has 3 nitrogen and oxygen atoms in total. The zero-order valence-corrected chi connectivity index (χ0v) is 8.95. The summed E-state index contributed by atoms with van der Waals surface area (Å²) in [6.07, 6.45) is 6.04. The van der Waals surface area contributed by atoms with Crippen LogP contribution in [0.2, 0.25) is 0 Å². The summed E-state index contributed by atoms with van der Waals surface area (Å²) in [6, 6.07) is 0. The molecule has 0 aromatic heterocycles. The number of hydrogen-bond donors (Lipinski definition) is 1. The van der Waals surface area contributed by atoms with E-state index in [-0.39, 0.29) is 17.9 Å². The Balaban J connectivity index is 2.15. The van der Waals surface area contributed by atoms with Gasteiger partial charge in [-0.2, -0.15) is 0 Å². The number of allylic oxidation sites excluding steroid dienone is 1. The highest BCUT2D eigenvalue weighted by atomic mass is 16.5. The van der Waals surface area contributed by atoms with Crippen LogP contribution in [0.5, 0.6) is 0 Å². The van der Waals surface area contributed by atoms with E-state index in [1.54, 1.807) is 0 Å². The summed E-state index contributed by atoms with van der Waals surface area (Å²) in [4.78, 5) is 11.5. The summed E-state index contributed by atoms with van der Waals surface area (Å²) in [5.41, 5.74) is 0. The number of amides is 1. The van der Waals surface area contributed by atoms with Crippen molar-refractivity contribution in [1.29, 1.82) is 0 Å². The van der Waals surface area contributed by atoms with Crippen molar-refractivity contribution in [3.8, 4) is 0 Å². The molecule has 1 rings (SSSR count). The van der Waals surface area contributed by atoms with Gasteiger partial charge in [-0.25, -0.2) is 0 Å². The maximum Gasteiger partial charge on any atom is 0.225 e. The first-order chi connectivity index (χ1) is 6.74. The molecule has 1 saturated heterocycles. The minimum Gasteiger partial charge on any atom is -0.378 e. The average Bonchev–Trinajstić information content (AvgIpc) is 2.59. The summed E-state index contributed by atoms with van der Waals surface area (Å²) in [5, 5.41) is 2.91. The summed E-state index contributed by atoms with van der Waals surface area (Å²) in [6.45, 7) is 5.30. The lowest BCUT2D eigenvalue weighted by Crippen LogP contribution is -2.31. The second-order valence-corrected chi connectivity index (χ2v) is 3.73. The van der Waals surface area contributed by atoms with Gasteiger partial charge in [-0.3, -0.25) is 4.79 Å². The highest BCUT2D eigenvalue weighted by Crippen LogP contribution is 2.18. The highest BCUT2D eigenvalue weighted by molar-refractivity contribution is 5.79. The lowest BCUT2D eigenvalue weighted by Gasteiger charge is -2.07. The van der Waals surface area contributed by atoms with E-state index < -0.39 is 0 Å². The predicted octanol–water partition coefficient (Wildman–Crippen LogP) is 1.49. The van der Waals surface area contributed by atoms with Gasteiger partial charge in [0.2, 0.25) is 5.91 Å². The van der Waals surface area contributed by atoms with E-state index in [9.17, 15) is 4.79 Å². The fraction of sp³-hybridized carbons (Fsp3) is 0.727. The third-order valence-corrected chi connectivity index (χ3v) is 2.42. The number of hydrogen-bond acceptors (Lipinski definition) is 2. The van der Waals surface area contributed by atoms with E-state index in [1.165, 1.54) is 0 Å². The molecule has 3 heteroatoms. The number of carbonyl (C=O) groups is 1. The molecule has 0 aromatic rings. The van der Waals surface area contributed by atoms with Crippen LogP contribution in [0.1, 0.15) is 26.7 Å². The van der Waals surface area contributed by atoms with Gasteiger partial charge >= 0.3 is 0 Å². The topological polar surface area (TPSA) is 38.3 Å². The second kappa shape index (κ2) is 5.81. The van der Waals surface area contributed by atoms with Crippen LogP contribution in [0.25, 0.3) is 0 Å². The number of carbonyl (C=O) groups excluding carboxylic acids is 1. The Morgan fingerprint density at radius 3 is 3.00 bits per heavy atom. The first kappa shape index (κ1) is 11.2. The standard InChI is InChI=1S/C11H19NO2/c1-3-4-5-6-12-11(13)10-7-9(2)14-8-10/h3-4,9-10H,5-8H2,1-2H3,(H,12,13)/b4-3+. The van der Waals surface area contributed by atoms with Gasteiger partial charge in [0, 0.05) is 6.54 Å². The Morgan fingerprint density at radius 2 is 2.43 bits per heavy atom. The quantitative estimate of drug-likeness (QED) is 0.548. The molecule has 1 N–H and O–H groups in total. The molecule has 0 radical (unpaired) electrons. The third kappa shape index (κ3) is 3.50. The molecule has 80 valence electrons. The van der Waals surface area contributed by atoms with Crippen molar-refractivity contribution in [3.05, 3.63) is 12.2 Å². The van der Waals surface area contributed by atoms with Crippen LogP contribution in [0.3, 0.4) is 0 Å². The van der Waals surface area contributed by atoms with Gasteiger partial charge in [-0.1, -0.05) is 12.2 Å². The van der Waals surface area contributed by atoms with Crippen molar-refractivity contribution in [2.45, 2.75) is 32.8 Å². The molecule has 2 unspecified atom stereocenters. The Morgan fingerprint density at radius 1 is 1.64 bits per heavy atom. The molecule has 1 amide bonds. The normalized spacial score (nSPS) is 27.0. The average molecular weight is 197 g/mol. The minimum absolute atomic E-state index is 0.0654. The summed E-state index contributed by atoms with van der Waals surface area (Å²) < 4.78 is 5.34. The van der Waals surface area contributed by atoms with E-state index in [0.717, 1.165) is 19.4 Å². The Labute approximate surface area is 85.5 Å². The molecule has 14 heavy (non-hydrogen) atoms. The molecular formula is C11H19NO2. The van der Waals surface area contributed by atoms with E-state index >= 15 is 0 Å². The van der Waals surface area contributed by atoms with E-state index in [0.29, 0.717) is 6.61 Å². The zero-order valence-electron chi connectivity index (χ0n) is 8.95. The molecule has 0 aromatic carbocycles. The van der Waals surface area contributed by atoms with Crippen molar-refractivity contribution in [2.75, 3.05) is 13.2 Å². The zero-order chi connectivity index (χ0) is 10.4. The molecule has 1 fully saturated rings. The van der Waals surface area contributed by atoms with Gasteiger partial charge in [-0.15, -0.1) is 0 Å². The Hall–Kier alpha value is -0.830. The minimum atomic E-state index is 0.0654. The summed E-state index contributed by atoms with van der Waals surface area (Å²) >= 11 is 0. The third-order valence-electron chi connectivity index (χ3n) is 2.42. The largest absolute Gasteiger partial charge is 0.378 e. The van der Waals surface area contributed by atoms with E-state index in [1.807, 2.05) is 26.0 Å². The van der Waals surface area contributed by atoms with Crippen LogP contribution in [-0.2, 0) is 9.53 Å². The van der Waals surface area contributed by atoms with Crippen LogP contribution in [-0.4, -0.2) is 25.2 Å². The van der Waals surface area contributed by atoms with Crippen molar-refractivity contribution >= 4 is 5.91 Å². The lowest BCUT2D eigenvalue weighted by atomic mass is 10.1.